The summed E-state index contributed by atoms with van der Waals surface area (Å²) in [5.41, 5.74) is 2.11. The minimum absolute atomic E-state index is 0.209. The van der Waals surface area contributed by atoms with Crippen LogP contribution in [0.15, 0.2) is 36.4 Å². The summed E-state index contributed by atoms with van der Waals surface area (Å²) in [6.07, 6.45) is 16.8. The van der Waals surface area contributed by atoms with E-state index in [0.717, 1.165) is 41.7 Å². The van der Waals surface area contributed by atoms with Crippen molar-refractivity contribution in [2.75, 3.05) is 0 Å². The third-order valence-electron chi connectivity index (χ3n) is 8.70. The summed E-state index contributed by atoms with van der Waals surface area (Å²) in [5, 5.41) is 0.676. The molecular weight excluding hydrogens is 446 g/mol. The number of hydrogen-bond donors (Lipinski definition) is 0. The van der Waals surface area contributed by atoms with E-state index in [9.17, 15) is 8.78 Å². The second-order valence-corrected chi connectivity index (χ2v) is 11.5. The number of halogens is 3. The number of hydrogen-bond acceptors (Lipinski definition) is 0. The van der Waals surface area contributed by atoms with Crippen LogP contribution in [0.4, 0.5) is 8.78 Å². The van der Waals surface area contributed by atoms with Crippen molar-refractivity contribution in [1.82, 2.24) is 0 Å². The molecule has 2 fully saturated rings. The maximum atomic E-state index is 14.9. The van der Waals surface area contributed by atoms with E-state index in [4.69, 9.17) is 11.6 Å². The second kappa shape index (κ2) is 12.5. The second-order valence-electron chi connectivity index (χ2n) is 11.1. The van der Waals surface area contributed by atoms with E-state index < -0.39 is 0 Å². The normalized spacial score (nSPS) is 25.4. The average molecular weight is 487 g/mol. The van der Waals surface area contributed by atoms with Crippen LogP contribution in [0, 0.1) is 29.4 Å². The molecule has 0 saturated heterocycles. The minimum atomic E-state index is -0.384. The van der Waals surface area contributed by atoms with Gasteiger partial charge in [0.15, 0.2) is 0 Å². The summed E-state index contributed by atoms with van der Waals surface area (Å²) < 4.78 is 29.7. The molecule has 2 aromatic carbocycles. The Morgan fingerprint density at radius 3 is 1.74 bits per heavy atom. The van der Waals surface area contributed by atoms with Gasteiger partial charge in [-0.2, -0.15) is 0 Å². The van der Waals surface area contributed by atoms with Crippen LogP contribution in [-0.2, 0) is 12.8 Å². The van der Waals surface area contributed by atoms with E-state index in [1.54, 1.807) is 12.1 Å². The molecule has 0 aromatic heterocycles. The first-order valence-corrected chi connectivity index (χ1v) is 14.1. The molecule has 34 heavy (non-hydrogen) atoms. The third-order valence-corrected chi connectivity index (χ3v) is 8.96. The molecule has 0 unspecified atom stereocenters. The van der Waals surface area contributed by atoms with Gasteiger partial charge < -0.3 is 0 Å². The van der Waals surface area contributed by atoms with E-state index in [1.807, 2.05) is 24.3 Å². The summed E-state index contributed by atoms with van der Waals surface area (Å²) in [4.78, 5) is 0. The molecule has 0 heterocycles. The topological polar surface area (TPSA) is 0 Å². The summed E-state index contributed by atoms with van der Waals surface area (Å²) in [6, 6.07) is 10.7. The Labute approximate surface area is 210 Å². The minimum Gasteiger partial charge on any atom is -0.207 e. The van der Waals surface area contributed by atoms with Crippen LogP contribution in [0.1, 0.15) is 107 Å². The Kier molecular flexibility index (Phi) is 9.46. The number of aryl methyl sites for hydroxylation is 1. The molecule has 0 nitrogen and oxygen atoms in total. The lowest BCUT2D eigenvalue weighted by atomic mass is 9.74. The van der Waals surface area contributed by atoms with Crippen LogP contribution in [0.2, 0.25) is 5.02 Å². The highest BCUT2D eigenvalue weighted by Crippen LogP contribution is 2.40. The maximum absolute atomic E-state index is 14.9. The standard InChI is InChI=1S/C31H41ClF2/c1-2-3-22-4-6-23(7-5-22)8-9-24-10-15-26(16-11-24)27-20-30(33)29(31(34)21-27)19-14-25-12-17-28(32)18-13-25/h12-13,17-18,20-24,26H,2-11,14-16,19H2,1H3/t22-,23-,24?,26?. The van der Waals surface area contributed by atoms with Gasteiger partial charge >= 0.3 is 0 Å². The number of benzene rings is 2. The van der Waals surface area contributed by atoms with Crippen LogP contribution in [0.25, 0.3) is 0 Å². The largest absolute Gasteiger partial charge is 0.207 e. The van der Waals surface area contributed by atoms with Crippen LogP contribution >= 0.6 is 11.6 Å². The highest BCUT2D eigenvalue weighted by Gasteiger charge is 2.26. The van der Waals surface area contributed by atoms with Crippen LogP contribution in [0.5, 0.6) is 0 Å². The van der Waals surface area contributed by atoms with E-state index in [1.165, 1.54) is 64.2 Å². The summed E-state index contributed by atoms with van der Waals surface area (Å²) in [5.74, 6) is 2.26. The summed E-state index contributed by atoms with van der Waals surface area (Å²) >= 11 is 5.93. The zero-order valence-electron chi connectivity index (χ0n) is 20.8. The quantitative estimate of drug-likeness (QED) is 0.330. The fraction of sp³-hybridized carbons (Fsp3) is 0.613. The van der Waals surface area contributed by atoms with Crippen molar-refractivity contribution in [2.45, 2.75) is 103 Å². The average Bonchev–Trinajstić information content (AvgIpc) is 2.84. The highest BCUT2D eigenvalue weighted by molar-refractivity contribution is 6.30. The Morgan fingerprint density at radius 1 is 0.706 bits per heavy atom. The van der Waals surface area contributed by atoms with Crippen molar-refractivity contribution < 1.29 is 8.78 Å². The molecule has 2 saturated carbocycles. The van der Waals surface area contributed by atoms with Gasteiger partial charge in [0.2, 0.25) is 0 Å². The van der Waals surface area contributed by atoms with Crippen LogP contribution in [-0.4, -0.2) is 0 Å². The van der Waals surface area contributed by atoms with Gasteiger partial charge in [-0.3, -0.25) is 0 Å². The van der Waals surface area contributed by atoms with Gasteiger partial charge in [0.05, 0.1) is 0 Å². The molecule has 0 atom stereocenters. The lowest BCUT2D eigenvalue weighted by molar-refractivity contribution is 0.224. The molecule has 0 aliphatic heterocycles. The highest BCUT2D eigenvalue weighted by atomic mass is 35.5. The molecular formula is C31H41ClF2. The van der Waals surface area contributed by atoms with Gasteiger partial charge in [0.25, 0.3) is 0 Å². The predicted octanol–water partition coefficient (Wildman–Crippen LogP) is 10.1. The first-order chi connectivity index (χ1) is 16.5. The van der Waals surface area contributed by atoms with Crippen molar-refractivity contribution >= 4 is 11.6 Å². The first-order valence-electron chi connectivity index (χ1n) is 13.7. The third kappa shape index (κ3) is 7.06. The van der Waals surface area contributed by atoms with Crippen molar-refractivity contribution in [3.05, 3.63) is 69.7 Å². The first kappa shape index (κ1) is 25.7. The Hall–Kier alpha value is -1.41. The van der Waals surface area contributed by atoms with Crippen molar-refractivity contribution in [2.24, 2.45) is 17.8 Å². The SMILES string of the molecule is CCC[C@H]1CC[C@H](CCC2CCC(c3cc(F)c(CCc4ccc(Cl)cc4)c(F)c3)CC2)CC1. The molecule has 0 N–H and O–H groups in total. The molecule has 3 heteroatoms. The molecule has 2 aliphatic carbocycles. The van der Waals surface area contributed by atoms with Gasteiger partial charge in [-0.1, -0.05) is 82.0 Å². The monoisotopic (exact) mass is 486 g/mol. The van der Waals surface area contributed by atoms with E-state index in [2.05, 4.69) is 6.92 Å². The lowest BCUT2D eigenvalue weighted by Gasteiger charge is -2.32. The maximum Gasteiger partial charge on any atom is 0.129 e. The van der Waals surface area contributed by atoms with E-state index >= 15 is 0 Å². The summed E-state index contributed by atoms with van der Waals surface area (Å²) in [7, 11) is 0. The Bertz CT molecular complexity index is 867. The molecule has 0 radical (unpaired) electrons. The van der Waals surface area contributed by atoms with Gasteiger partial charge in [0.1, 0.15) is 11.6 Å². The van der Waals surface area contributed by atoms with Gasteiger partial charge in [-0.15, -0.1) is 0 Å². The van der Waals surface area contributed by atoms with Gasteiger partial charge in [0, 0.05) is 10.6 Å². The molecule has 2 aliphatic rings. The zero-order chi connectivity index (χ0) is 23.9. The molecule has 0 bridgehead atoms. The van der Waals surface area contributed by atoms with Crippen LogP contribution < -0.4 is 0 Å². The van der Waals surface area contributed by atoms with E-state index in [-0.39, 0.29) is 17.2 Å². The van der Waals surface area contributed by atoms with Gasteiger partial charge in [-0.05, 0) is 97.6 Å². The van der Waals surface area contributed by atoms with E-state index in [0.29, 0.717) is 23.8 Å². The smallest absolute Gasteiger partial charge is 0.129 e. The predicted molar refractivity (Wildman–Crippen MR) is 140 cm³/mol. The van der Waals surface area contributed by atoms with Gasteiger partial charge in [-0.25, -0.2) is 8.78 Å². The molecule has 2 aromatic rings. The van der Waals surface area contributed by atoms with Crippen molar-refractivity contribution in [3.63, 3.8) is 0 Å². The fourth-order valence-electron chi connectivity index (χ4n) is 6.49. The number of rotatable bonds is 9. The van der Waals surface area contributed by atoms with Crippen LogP contribution in [0.3, 0.4) is 0 Å². The Balaban J connectivity index is 1.23. The zero-order valence-corrected chi connectivity index (χ0v) is 21.6. The lowest BCUT2D eigenvalue weighted by Crippen LogP contribution is -2.18. The Morgan fingerprint density at radius 2 is 1.21 bits per heavy atom. The fourth-order valence-corrected chi connectivity index (χ4v) is 6.62. The molecule has 186 valence electrons. The summed E-state index contributed by atoms with van der Waals surface area (Å²) in [6.45, 7) is 2.31. The molecule has 4 rings (SSSR count). The van der Waals surface area contributed by atoms with Crippen molar-refractivity contribution in [3.8, 4) is 0 Å². The van der Waals surface area contributed by atoms with Crippen molar-refractivity contribution in [1.29, 1.82) is 0 Å². The molecule has 0 spiro atoms. The molecule has 0 amide bonds.